The van der Waals surface area contributed by atoms with Crippen molar-refractivity contribution in [3.8, 4) is 0 Å². The molecule has 1 aliphatic heterocycles. The number of anilines is 1. The molecule has 1 amide bonds. The Morgan fingerprint density at radius 3 is 2.60 bits per heavy atom. The number of rotatable bonds is 8. The van der Waals surface area contributed by atoms with Gasteiger partial charge in [-0.1, -0.05) is 45.7 Å². The van der Waals surface area contributed by atoms with Crippen LogP contribution in [0.1, 0.15) is 53.1 Å². The molecule has 9 heteroatoms. The molecule has 1 aromatic heterocycles. The topological polar surface area (TPSA) is 85.4 Å². The molecule has 1 aliphatic rings. The van der Waals surface area contributed by atoms with E-state index in [9.17, 15) is 14.7 Å². The molecule has 4 rings (SSSR count). The van der Waals surface area contributed by atoms with Crippen LogP contribution in [0.5, 0.6) is 0 Å². The third kappa shape index (κ3) is 6.86. The van der Waals surface area contributed by atoms with Gasteiger partial charge in [-0.3, -0.25) is 4.79 Å². The number of fused-ring (bicyclic) bond motifs is 1. The quantitative estimate of drug-likeness (QED) is 0.408. The summed E-state index contributed by atoms with van der Waals surface area (Å²) >= 11 is 9.90. The molecule has 35 heavy (non-hydrogen) atoms. The fraction of sp³-hybridized carbons (Fsp3) is 0.346. The van der Waals surface area contributed by atoms with Gasteiger partial charge in [0.1, 0.15) is 5.82 Å². The first kappa shape index (κ1) is 28.6. The Morgan fingerprint density at radius 2 is 1.91 bits per heavy atom. The monoisotopic (exact) mass is 581 g/mol. The Hall–Kier alpha value is -1.00. The maximum absolute atomic E-state index is 13.6. The number of nitrogens with one attached hydrogen (secondary N) is 1. The van der Waals surface area contributed by atoms with Crippen LogP contribution in [-0.4, -0.2) is 36.5 Å². The Morgan fingerprint density at radius 1 is 1.20 bits per heavy atom. The molecule has 1 saturated heterocycles. The molecule has 1 N–H and O–H groups in total. The number of hydrogen-bond acceptors (Lipinski definition) is 5. The summed E-state index contributed by atoms with van der Waals surface area (Å²) in [6, 6.07) is 13.1. The minimum Gasteiger partial charge on any atom is -0.550 e. The molecule has 2 heterocycles. The fourth-order valence-electron chi connectivity index (χ4n) is 4.62. The van der Waals surface area contributed by atoms with Crippen LogP contribution in [0.4, 0.5) is 5.82 Å². The van der Waals surface area contributed by atoms with Gasteiger partial charge in [0.2, 0.25) is 0 Å². The number of benzene rings is 2. The van der Waals surface area contributed by atoms with Crippen molar-refractivity contribution in [3.63, 3.8) is 0 Å². The zero-order chi connectivity index (χ0) is 24.2. The third-order valence-corrected chi connectivity index (χ3v) is 7.19. The molecule has 0 aliphatic carbocycles. The summed E-state index contributed by atoms with van der Waals surface area (Å²) in [5, 5.41) is 15.5. The summed E-state index contributed by atoms with van der Waals surface area (Å²) in [7, 11) is 0. The maximum atomic E-state index is 13.6. The maximum Gasteiger partial charge on any atom is 1.00 e. The van der Waals surface area contributed by atoms with Crippen molar-refractivity contribution in [2.75, 3.05) is 24.5 Å². The summed E-state index contributed by atoms with van der Waals surface area (Å²) in [4.78, 5) is 31.8. The molecule has 1 fully saturated rings. The predicted molar refractivity (Wildman–Crippen MR) is 136 cm³/mol. The van der Waals surface area contributed by atoms with Crippen molar-refractivity contribution in [1.82, 2.24) is 10.3 Å². The van der Waals surface area contributed by atoms with Crippen molar-refractivity contribution in [1.29, 1.82) is 0 Å². The average molecular weight is 583 g/mol. The number of hydrogen-bond donors (Lipinski definition) is 1. The van der Waals surface area contributed by atoms with Crippen LogP contribution in [-0.2, 0) is 4.79 Å². The number of carboxylic acid groups (broad SMARTS) is 1. The van der Waals surface area contributed by atoms with Crippen LogP contribution >= 0.6 is 27.5 Å². The fourth-order valence-corrected chi connectivity index (χ4v) is 5.27. The van der Waals surface area contributed by atoms with Gasteiger partial charge in [-0.25, -0.2) is 4.98 Å². The number of aliphatic carboxylic acids is 1. The second-order valence-electron chi connectivity index (χ2n) is 8.63. The van der Waals surface area contributed by atoms with E-state index in [0.717, 1.165) is 58.3 Å². The van der Waals surface area contributed by atoms with Gasteiger partial charge in [-0.15, -0.1) is 0 Å². The van der Waals surface area contributed by atoms with Gasteiger partial charge in [0, 0.05) is 52.0 Å². The summed E-state index contributed by atoms with van der Waals surface area (Å²) in [5.74, 6) is -0.751. The van der Waals surface area contributed by atoms with Crippen molar-refractivity contribution >= 4 is 56.1 Å². The van der Waals surface area contributed by atoms with E-state index in [1.807, 2.05) is 43.3 Å². The first-order valence-corrected chi connectivity index (χ1v) is 12.6. The molecular weight excluding hydrogens is 557 g/mol. The molecule has 178 valence electrons. The van der Waals surface area contributed by atoms with Gasteiger partial charge in [0.05, 0.1) is 11.1 Å². The van der Waals surface area contributed by atoms with Gasteiger partial charge >= 0.3 is 51.4 Å². The summed E-state index contributed by atoms with van der Waals surface area (Å²) < 4.78 is 0.868. The van der Waals surface area contributed by atoms with E-state index in [0.29, 0.717) is 17.0 Å². The molecule has 2 aromatic carbocycles. The number of carboxylic acids is 1. The zero-order valence-corrected chi connectivity index (χ0v) is 25.4. The summed E-state index contributed by atoms with van der Waals surface area (Å²) in [6.45, 7) is 4.05. The van der Waals surface area contributed by atoms with E-state index >= 15 is 0 Å². The van der Waals surface area contributed by atoms with Crippen LogP contribution in [0, 0.1) is 6.92 Å². The molecule has 6 nitrogen and oxygen atoms in total. The van der Waals surface area contributed by atoms with E-state index in [2.05, 4.69) is 26.1 Å². The van der Waals surface area contributed by atoms with E-state index < -0.39 is 5.97 Å². The number of pyridine rings is 1. The number of carbonyl (C=O) groups excluding carboxylic acids is 2. The molecule has 1 atom stereocenters. The van der Waals surface area contributed by atoms with Crippen molar-refractivity contribution in [3.05, 3.63) is 68.7 Å². The molecule has 0 saturated carbocycles. The summed E-state index contributed by atoms with van der Waals surface area (Å²) in [6.07, 6.45) is 2.42. The zero-order valence-electron chi connectivity index (χ0n) is 19.9. The number of nitrogens with zero attached hydrogens (tertiary/aromatic N) is 2. The van der Waals surface area contributed by atoms with Crippen LogP contribution in [0.25, 0.3) is 10.9 Å². The van der Waals surface area contributed by atoms with E-state index in [1.165, 1.54) is 0 Å². The van der Waals surface area contributed by atoms with Crippen LogP contribution < -0.4 is 66.7 Å². The molecule has 1 unspecified atom stereocenters. The number of amides is 1. The molecular formula is C26H26BrClKN3O3. The van der Waals surface area contributed by atoms with Crippen LogP contribution in [0.15, 0.2) is 46.9 Å². The third-order valence-electron chi connectivity index (χ3n) is 6.35. The predicted octanol–water partition coefficient (Wildman–Crippen LogP) is 1.61. The van der Waals surface area contributed by atoms with Gasteiger partial charge < -0.3 is 20.1 Å². The van der Waals surface area contributed by atoms with Crippen molar-refractivity contribution in [2.24, 2.45) is 0 Å². The second kappa shape index (κ2) is 13.0. The summed E-state index contributed by atoms with van der Waals surface area (Å²) in [5.41, 5.74) is 3.00. The van der Waals surface area contributed by atoms with Crippen molar-refractivity contribution in [2.45, 2.75) is 38.5 Å². The second-order valence-corrected chi connectivity index (χ2v) is 9.95. The minimum absolute atomic E-state index is 0. The first-order chi connectivity index (χ1) is 16.3. The van der Waals surface area contributed by atoms with Gasteiger partial charge in [0.15, 0.2) is 0 Å². The van der Waals surface area contributed by atoms with Crippen LogP contribution in [0.3, 0.4) is 0 Å². The van der Waals surface area contributed by atoms with E-state index in [1.54, 1.807) is 6.07 Å². The van der Waals surface area contributed by atoms with Crippen LogP contribution in [0.2, 0.25) is 5.02 Å². The normalized spacial score (nSPS) is 14.0. The minimum atomic E-state index is -1.13. The smallest absolute Gasteiger partial charge is 0.550 e. The molecule has 3 aromatic rings. The Kier molecular flexibility index (Phi) is 10.6. The number of halogens is 2. The largest absolute Gasteiger partial charge is 1.00 e. The average Bonchev–Trinajstić information content (AvgIpc) is 3.34. The number of carbonyl (C=O) groups is 2. The van der Waals surface area contributed by atoms with Crippen molar-refractivity contribution < 1.29 is 66.1 Å². The van der Waals surface area contributed by atoms with E-state index in [-0.39, 0.29) is 76.2 Å². The standard InChI is InChI=1S/C26H27BrClN3O3.K/c1-16-24(20-14-18(27)9-10-22(20)30-25(16)31-12-4-5-13-31)26(34)29-15-17(8-11-23(32)33)19-6-2-3-7-21(19)28;/h2-3,6-7,9-10,14,17H,4-5,8,11-13,15H2,1H3,(H,29,34)(H,32,33);/q;+1/p-1. The first-order valence-electron chi connectivity index (χ1n) is 11.4. The van der Waals surface area contributed by atoms with Gasteiger partial charge in [-0.2, -0.15) is 0 Å². The Bertz CT molecular complexity index is 1230. The Labute approximate surface area is 261 Å². The number of aromatic nitrogens is 1. The SMILES string of the molecule is Cc1c(N2CCCC2)nc2ccc(Br)cc2c1C(=O)NCC(CCC(=O)[O-])c1ccccc1Cl.[K+]. The molecule has 0 spiro atoms. The molecule has 0 bridgehead atoms. The molecule has 0 radical (unpaired) electrons. The van der Waals surface area contributed by atoms with Gasteiger partial charge in [0.25, 0.3) is 5.91 Å². The van der Waals surface area contributed by atoms with E-state index in [4.69, 9.17) is 16.6 Å². The Balaban J connectivity index is 0.00000342. The van der Waals surface area contributed by atoms with Gasteiger partial charge in [-0.05, 0) is 62.4 Å².